The van der Waals surface area contributed by atoms with Gasteiger partial charge in [0.05, 0.1) is 11.3 Å². The molecule has 1 aliphatic heterocycles. The van der Waals surface area contributed by atoms with E-state index >= 15 is 0 Å². The third-order valence-corrected chi connectivity index (χ3v) is 4.56. The first kappa shape index (κ1) is 22.5. The minimum absolute atomic E-state index is 0.0489. The van der Waals surface area contributed by atoms with Crippen molar-refractivity contribution in [1.29, 1.82) is 0 Å². The average molecular weight is 446 g/mol. The second-order valence-corrected chi connectivity index (χ2v) is 6.76. The number of halogens is 3. The maximum absolute atomic E-state index is 11.9. The number of aromatic nitrogens is 2. The number of H-pyrrole nitrogens is 1. The number of carboxylic acids is 1. The normalized spacial score (nSPS) is 12.8. The summed E-state index contributed by atoms with van der Waals surface area (Å²) < 4.78 is 31.7. The molecule has 0 spiro atoms. The number of aliphatic carboxylic acids is 1. The number of carbonyl (C=O) groups is 3. The number of alkyl halides is 3. The Kier molecular flexibility index (Phi) is 6.28. The molecule has 0 saturated heterocycles. The molecule has 1 aliphatic rings. The van der Waals surface area contributed by atoms with Gasteiger partial charge in [-0.05, 0) is 30.3 Å². The van der Waals surface area contributed by atoms with Gasteiger partial charge >= 0.3 is 12.1 Å². The van der Waals surface area contributed by atoms with Crippen LogP contribution in [0.25, 0.3) is 22.5 Å². The fourth-order valence-electron chi connectivity index (χ4n) is 3.04. The highest BCUT2D eigenvalue weighted by molar-refractivity contribution is 5.98. The Labute approximate surface area is 179 Å². The number of benzene rings is 1. The molecule has 8 nitrogen and oxygen atoms in total. The van der Waals surface area contributed by atoms with Crippen molar-refractivity contribution in [3.05, 3.63) is 65.5 Å². The van der Waals surface area contributed by atoms with Crippen molar-refractivity contribution < 1.29 is 32.7 Å². The van der Waals surface area contributed by atoms with Crippen LogP contribution in [0.2, 0.25) is 0 Å². The van der Waals surface area contributed by atoms with Gasteiger partial charge in [-0.3, -0.25) is 14.6 Å². The van der Waals surface area contributed by atoms with Gasteiger partial charge in [0.25, 0.3) is 5.91 Å². The van der Waals surface area contributed by atoms with E-state index in [4.69, 9.17) is 15.6 Å². The predicted molar refractivity (Wildman–Crippen MR) is 108 cm³/mol. The van der Waals surface area contributed by atoms with Gasteiger partial charge in [-0.1, -0.05) is 12.1 Å². The molecule has 0 unspecified atom stereocenters. The topological polar surface area (TPSA) is 138 Å². The fourth-order valence-corrected chi connectivity index (χ4v) is 3.04. The third kappa shape index (κ3) is 5.12. The van der Waals surface area contributed by atoms with Crippen LogP contribution in [0, 0.1) is 0 Å². The van der Waals surface area contributed by atoms with Crippen molar-refractivity contribution in [2.24, 2.45) is 5.73 Å². The van der Waals surface area contributed by atoms with Gasteiger partial charge in [-0.2, -0.15) is 13.2 Å². The predicted octanol–water partition coefficient (Wildman–Crippen LogP) is 2.76. The molecule has 0 aliphatic carbocycles. The number of rotatable bonds is 3. The Bertz CT molecular complexity index is 1190. The van der Waals surface area contributed by atoms with Crippen molar-refractivity contribution in [2.75, 3.05) is 6.54 Å². The molecule has 0 radical (unpaired) electrons. The lowest BCUT2D eigenvalue weighted by Gasteiger charge is -2.11. The molecule has 3 aromatic rings. The molecule has 4 rings (SSSR count). The van der Waals surface area contributed by atoms with Crippen LogP contribution < -0.4 is 11.1 Å². The molecule has 0 saturated carbocycles. The number of carbonyl (C=O) groups excluding carboxylic acids is 2. The first-order chi connectivity index (χ1) is 15.1. The van der Waals surface area contributed by atoms with E-state index in [1.54, 1.807) is 24.4 Å². The van der Waals surface area contributed by atoms with Crippen LogP contribution in [0.1, 0.15) is 26.4 Å². The summed E-state index contributed by atoms with van der Waals surface area (Å²) in [6.45, 7) is 0.646. The number of primary amides is 1. The van der Waals surface area contributed by atoms with Crippen LogP contribution in [0.4, 0.5) is 13.2 Å². The van der Waals surface area contributed by atoms with E-state index in [0.717, 1.165) is 34.6 Å². The van der Waals surface area contributed by atoms with Crippen molar-refractivity contribution in [1.82, 2.24) is 15.3 Å². The number of amides is 2. The number of pyridine rings is 1. The van der Waals surface area contributed by atoms with E-state index in [1.807, 2.05) is 24.3 Å². The molecule has 166 valence electrons. The molecule has 2 amide bonds. The second-order valence-electron chi connectivity index (χ2n) is 6.76. The zero-order valence-corrected chi connectivity index (χ0v) is 16.4. The lowest BCUT2D eigenvalue weighted by atomic mass is 10.0. The zero-order valence-electron chi connectivity index (χ0n) is 16.4. The van der Waals surface area contributed by atoms with Gasteiger partial charge in [-0.25, -0.2) is 4.79 Å². The van der Waals surface area contributed by atoms with E-state index < -0.39 is 18.1 Å². The average Bonchev–Trinajstić information content (AvgIpc) is 3.20. The monoisotopic (exact) mass is 446 g/mol. The second kappa shape index (κ2) is 8.92. The fraction of sp³-hybridized carbons (Fsp3) is 0.143. The Morgan fingerprint density at radius 2 is 1.81 bits per heavy atom. The van der Waals surface area contributed by atoms with Crippen LogP contribution in [-0.4, -0.2) is 45.6 Å². The van der Waals surface area contributed by atoms with Crippen LogP contribution in [0.3, 0.4) is 0 Å². The Morgan fingerprint density at radius 1 is 1.09 bits per heavy atom. The number of carboxylic acid groups (broad SMARTS) is 1. The Morgan fingerprint density at radius 3 is 2.44 bits per heavy atom. The van der Waals surface area contributed by atoms with E-state index in [9.17, 15) is 22.8 Å². The molecule has 5 N–H and O–H groups in total. The van der Waals surface area contributed by atoms with Gasteiger partial charge in [0.15, 0.2) is 0 Å². The van der Waals surface area contributed by atoms with Crippen molar-refractivity contribution >= 4 is 17.8 Å². The molecule has 32 heavy (non-hydrogen) atoms. The molecule has 11 heteroatoms. The van der Waals surface area contributed by atoms with Crippen LogP contribution in [-0.2, 0) is 11.2 Å². The minimum Gasteiger partial charge on any atom is -0.475 e. The molecule has 1 aromatic carbocycles. The summed E-state index contributed by atoms with van der Waals surface area (Å²) >= 11 is 0. The summed E-state index contributed by atoms with van der Waals surface area (Å²) in [5, 5.41) is 9.97. The third-order valence-electron chi connectivity index (χ3n) is 4.56. The van der Waals surface area contributed by atoms with E-state index in [0.29, 0.717) is 17.7 Å². The summed E-state index contributed by atoms with van der Waals surface area (Å²) in [5.74, 6) is -3.28. The van der Waals surface area contributed by atoms with E-state index in [-0.39, 0.29) is 5.91 Å². The summed E-state index contributed by atoms with van der Waals surface area (Å²) in [7, 11) is 0. The highest BCUT2D eigenvalue weighted by atomic mass is 19.4. The standard InChI is InChI=1S/C19H16N4O2.C2HF3O2/c20-18(24)13-3-1-2-11(8-13)16-9-12(4-6-21-16)17-10-14-15(23-17)5-7-22-19(14)25;3-2(4,5)1(6)7/h1-4,6,8-10,23H,5,7H2,(H2,20,24)(H,22,25);(H,6,7). The van der Waals surface area contributed by atoms with Crippen molar-refractivity contribution in [3.8, 4) is 22.5 Å². The number of aromatic amines is 1. The first-order valence-electron chi connectivity index (χ1n) is 9.23. The maximum atomic E-state index is 11.9. The lowest BCUT2D eigenvalue weighted by Crippen LogP contribution is -2.31. The number of hydrogen-bond donors (Lipinski definition) is 4. The number of nitrogens with one attached hydrogen (secondary N) is 2. The Hall–Kier alpha value is -4.15. The highest BCUT2D eigenvalue weighted by Crippen LogP contribution is 2.27. The largest absolute Gasteiger partial charge is 0.490 e. The summed E-state index contributed by atoms with van der Waals surface area (Å²) in [5.41, 5.74) is 10.8. The molecular weight excluding hydrogens is 429 g/mol. The minimum atomic E-state index is -5.08. The van der Waals surface area contributed by atoms with Gasteiger partial charge in [0, 0.05) is 47.2 Å². The summed E-state index contributed by atoms with van der Waals surface area (Å²) in [6.07, 6.45) is -2.58. The maximum Gasteiger partial charge on any atom is 0.490 e. The molecule has 0 fully saturated rings. The van der Waals surface area contributed by atoms with Crippen LogP contribution >= 0.6 is 0 Å². The van der Waals surface area contributed by atoms with Gasteiger partial charge in [-0.15, -0.1) is 0 Å². The molecular formula is C21H17F3N4O4. The molecule has 0 bridgehead atoms. The summed E-state index contributed by atoms with van der Waals surface area (Å²) in [6, 6.07) is 12.7. The van der Waals surface area contributed by atoms with E-state index in [2.05, 4.69) is 15.3 Å². The van der Waals surface area contributed by atoms with Gasteiger partial charge in [0.2, 0.25) is 5.91 Å². The zero-order chi connectivity index (χ0) is 23.5. The highest BCUT2D eigenvalue weighted by Gasteiger charge is 2.38. The quantitative estimate of drug-likeness (QED) is 0.490. The van der Waals surface area contributed by atoms with Crippen molar-refractivity contribution in [2.45, 2.75) is 12.6 Å². The lowest BCUT2D eigenvalue weighted by molar-refractivity contribution is -0.192. The molecule has 2 aromatic heterocycles. The van der Waals surface area contributed by atoms with E-state index in [1.165, 1.54) is 0 Å². The van der Waals surface area contributed by atoms with Gasteiger partial charge in [0.1, 0.15) is 0 Å². The van der Waals surface area contributed by atoms with Gasteiger partial charge < -0.3 is 21.1 Å². The number of nitrogens with two attached hydrogens (primary N) is 1. The molecule has 3 heterocycles. The van der Waals surface area contributed by atoms with Crippen molar-refractivity contribution in [3.63, 3.8) is 0 Å². The Balaban J connectivity index is 0.000000360. The van der Waals surface area contributed by atoms with Crippen LogP contribution in [0.15, 0.2) is 48.7 Å². The number of fused-ring (bicyclic) bond motifs is 1. The van der Waals surface area contributed by atoms with Crippen LogP contribution in [0.5, 0.6) is 0 Å². The molecule has 0 atom stereocenters. The SMILES string of the molecule is NC(=O)c1cccc(-c2cc(-c3cc4c([nH]3)CCNC4=O)ccn2)c1.O=C(O)C(F)(F)F. The summed E-state index contributed by atoms with van der Waals surface area (Å²) in [4.78, 5) is 39.9. The smallest absolute Gasteiger partial charge is 0.475 e. The number of nitrogens with zero attached hydrogens (tertiary/aromatic N) is 1. The first-order valence-corrected chi connectivity index (χ1v) is 9.23. The number of hydrogen-bond acceptors (Lipinski definition) is 4.